The van der Waals surface area contributed by atoms with Crippen LogP contribution in [0.25, 0.3) is 0 Å². The number of rotatable bonds is 2. The maximum atomic E-state index is 10.7. The minimum absolute atomic E-state index is 0.0438. The first-order valence-corrected chi connectivity index (χ1v) is 15.2. The van der Waals surface area contributed by atoms with Gasteiger partial charge in [-0.25, -0.2) is 0 Å². The van der Waals surface area contributed by atoms with Crippen LogP contribution in [-0.2, 0) is 4.43 Å². The van der Waals surface area contributed by atoms with Crippen molar-refractivity contribution in [1.82, 2.24) is 0 Å². The fourth-order valence-corrected chi connectivity index (χ4v) is 9.29. The minimum atomic E-state index is -1.67. The lowest BCUT2D eigenvalue weighted by Crippen LogP contribution is -2.55. The number of fused-ring (bicyclic) bond motifs is 5. The maximum absolute atomic E-state index is 10.7. The van der Waals surface area contributed by atoms with E-state index < -0.39 is 8.32 Å². The predicted molar refractivity (Wildman–Crippen MR) is 120 cm³/mol. The summed E-state index contributed by atoms with van der Waals surface area (Å²) in [7, 11) is -1.67. The highest BCUT2D eigenvalue weighted by atomic mass is 28.4. The number of hydrogen-bond donors (Lipinski definition) is 1. The largest absolute Gasteiger partial charge is 0.414 e. The monoisotopic (exact) mass is 406 g/mol. The van der Waals surface area contributed by atoms with Gasteiger partial charge in [0.1, 0.15) is 0 Å². The third kappa shape index (κ3) is 3.17. The Morgan fingerprint density at radius 3 is 2.18 bits per heavy atom. The van der Waals surface area contributed by atoms with Crippen molar-refractivity contribution in [3.63, 3.8) is 0 Å². The smallest absolute Gasteiger partial charge is 0.192 e. The molecule has 0 heterocycles. The molecule has 4 fully saturated rings. The minimum Gasteiger partial charge on any atom is -0.414 e. The number of aliphatic hydroxyl groups excluding tert-OH is 1. The van der Waals surface area contributed by atoms with Gasteiger partial charge in [-0.3, -0.25) is 0 Å². The van der Waals surface area contributed by atoms with E-state index in [1.54, 1.807) is 0 Å². The standard InChI is InChI=1S/C25H46O2Si/c1-23(2,3)28(6,7)27-18-12-14-24(4)17(16-18)8-9-19-20-10-11-22(26)25(20,5)15-13-21(19)24/h17-22,26H,8-16H2,1-7H3/t17-,18?,19+,20+,21+,22+,24+,25+/m1/s1. The van der Waals surface area contributed by atoms with Crippen LogP contribution < -0.4 is 0 Å². The number of hydrogen-bond acceptors (Lipinski definition) is 2. The Morgan fingerprint density at radius 2 is 1.50 bits per heavy atom. The fourth-order valence-electron chi connectivity index (χ4n) is 7.89. The Labute approximate surface area is 175 Å². The van der Waals surface area contributed by atoms with Crippen molar-refractivity contribution in [3.8, 4) is 0 Å². The molecule has 0 aromatic heterocycles. The van der Waals surface area contributed by atoms with Gasteiger partial charge in [-0.2, -0.15) is 0 Å². The molecule has 0 radical (unpaired) electrons. The molecule has 162 valence electrons. The van der Waals surface area contributed by atoms with Gasteiger partial charge in [0.05, 0.1) is 6.10 Å². The SMILES string of the molecule is CC(C)(C)[Si](C)(C)OC1CC[C@@]2(C)[C@H](CC[C@@H]3[C@@H]2CC[C@]2(C)[C@@H](O)CC[C@@H]32)C1. The summed E-state index contributed by atoms with van der Waals surface area (Å²) in [6.07, 6.45) is 12.1. The molecule has 0 bridgehead atoms. The van der Waals surface area contributed by atoms with Gasteiger partial charge < -0.3 is 9.53 Å². The van der Waals surface area contributed by atoms with E-state index in [0.717, 1.165) is 30.1 Å². The lowest BCUT2D eigenvalue weighted by Gasteiger charge is -2.61. The van der Waals surface area contributed by atoms with Crippen LogP contribution in [0.2, 0.25) is 18.1 Å². The van der Waals surface area contributed by atoms with E-state index in [4.69, 9.17) is 4.43 Å². The summed E-state index contributed by atoms with van der Waals surface area (Å²) < 4.78 is 6.88. The van der Waals surface area contributed by atoms with Crippen LogP contribution in [0.15, 0.2) is 0 Å². The first kappa shape index (κ1) is 21.4. The van der Waals surface area contributed by atoms with Crippen LogP contribution in [0.1, 0.15) is 92.4 Å². The first-order valence-electron chi connectivity index (χ1n) is 12.2. The second-order valence-electron chi connectivity index (χ2n) is 13.1. The number of aliphatic hydroxyl groups is 1. The average molecular weight is 407 g/mol. The molecule has 1 N–H and O–H groups in total. The van der Waals surface area contributed by atoms with Crippen LogP contribution in [0.3, 0.4) is 0 Å². The van der Waals surface area contributed by atoms with Crippen molar-refractivity contribution in [2.45, 2.75) is 123 Å². The molecule has 4 saturated carbocycles. The molecule has 8 atom stereocenters. The molecule has 0 aromatic rings. The van der Waals surface area contributed by atoms with Crippen LogP contribution in [0, 0.1) is 34.5 Å². The molecule has 0 amide bonds. The highest BCUT2D eigenvalue weighted by molar-refractivity contribution is 6.74. The Bertz CT molecular complexity index is 596. The first-order chi connectivity index (χ1) is 12.9. The van der Waals surface area contributed by atoms with Gasteiger partial charge in [0, 0.05) is 6.10 Å². The molecule has 3 heteroatoms. The van der Waals surface area contributed by atoms with E-state index in [9.17, 15) is 5.11 Å². The van der Waals surface area contributed by atoms with E-state index in [2.05, 4.69) is 47.7 Å². The molecule has 0 aliphatic heterocycles. The molecular weight excluding hydrogens is 360 g/mol. The highest BCUT2D eigenvalue weighted by Crippen LogP contribution is 2.66. The van der Waals surface area contributed by atoms with Crippen molar-refractivity contribution >= 4 is 8.32 Å². The van der Waals surface area contributed by atoms with Crippen molar-refractivity contribution in [3.05, 3.63) is 0 Å². The summed E-state index contributed by atoms with van der Waals surface area (Å²) in [5, 5.41) is 11.0. The van der Waals surface area contributed by atoms with E-state index >= 15 is 0 Å². The quantitative estimate of drug-likeness (QED) is 0.512. The van der Waals surface area contributed by atoms with Gasteiger partial charge in [-0.15, -0.1) is 0 Å². The van der Waals surface area contributed by atoms with Crippen molar-refractivity contribution < 1.29 is 9.53 Å². The van der Waals surface area contributed by atoms with Crippen LogP contribution in [-0.4, -0.2) is 25.6 Å². The van der Waals surface area contributed by atoms with E-state index in [1.807, 2.05) is 0 Å². The zero-order valence-corrected chi connectivity index (χ0v) is 20.7. The zero-order valence-electron chi connectivity index (χ0n) is 19.7. The third-order valence-electron chi connectivity index (χ3n) is 10.8. The predicted octanol–water partition coefficient (Wildman–Crippen LogP) is 6.78. The third-order valence-corrected chi connectivity index (χ3v) is 15.4. The maximum Gasteiger partial charge on any atom is 0.192 e. The highest BCUT2D eigenvalue weighted by Gasteiger charge is 2.60. The molecule has 0 saturated heterocycles. The average Bonchev–Trinajstić information content (AvgIpc) is 2.89. The Morgan fingerprint density at radius 1 is 0.857 bits per heavy atom. The normalized spacial score (nSPS) is 49.3. The molecule has 1 unspecified atom stereocenters. The zero-order chi connectivity index (χ0) is 20.5. The summed E-state index contributed by atoms with van der Waals surface area (Å²) >= 11 is 0. The summed E-state index contributed by atoms with van der Waals surface area (Å²) in [5.74, 6) is 3.40. The van der Waals surface area contributed by atoms with Gasteiger partial charge in [0.2, 0.25) is 0 Å². The van der Waals surface area contributed by atoms with Crippen molar-refractivity contribution in [1.29, 1.82) is 0 Å². The lowest BCUT2D eigenvalue weighted by molar-refractivity contribution is -0.132. The second kappa shape index (κ2) is 6.82. The Kier molecular flexibility index (Phi) is 5.21. The summed E-state index contributed by atoms with van der Waals surface area (Å²) in [5.41, 5.74) is 0.734. The molecule has 0 aromatic carbocycles. The Hall–Kier alpha value is 0.137. The summed E-state index contributed by atoms with van der Waals surface area (Å²) in [6.45, 7) is 17.0. The van der Waals surface area contributed by atoms with Gasteiger partial charge >= 0.3 is 0 Å². The van der Waals surface area contributed by atoms with E-state index in [1.165, 1.54) is 51.4 Å². The molecule has 4 aliphatic carbocycles. The lowest BCUT2D eigenvalue weighted by atomic mass is 9.45. The van der Waals surface area contributed by atoms with Gasteiger partial charge in [0.15, 0.2) is 8.32 Å². The fraction of sp³-hybridized carbons (Fsp3) is 1.00. The molecule has 4 aliphatic rings. The van der Waals surface area contributed by atoms with Crippen LogP contribution in [0.5, 0.6) is 0 Å². The van der Waals surface area contributed by atoms with Gasteiger partial charge in [0.25, 0.3) is 0 Å². The van der Waals surface area contributed by atoms with Gasteiger partial charge in [-0.05, 0) is 110 Å². The summed E-state index contributed by atoms with van der Waals surface area (Å²) in [6, 6.07) is 0. The molecule has 0 spiro atoms. The van der Waals surface area contributed by atoms with E-state index in [-0.39, 0.29) is 11.5 Å². The van der Waals surface area contributed by atoms with Crippen LogP contribution in [0.4, 0.5) is 0 Å². The Balaban J connectivity index is 1.48. The van der Waals surface area contributed by atoms with Gasteiger partial charge in [-0.1, -0.05) is 34.6 Å². The van der Waals surface area contributed by atoms with Crippen LogP contribution >= 0.6 is 0 Å². The summed E-state index contributed by atoms with van der Waals surface area (Å²) in [4.78, 5) is 0. The molecule has 4 rings (SSSR count). The van der Waals surface area contributed by atoms with E-state index in [0.29, 0.717) is 16.6 Å². The topological polar surface area (TPSA) is 29.5 Å². The van der Waals surface area contributed by atoms with Crippen molar-refractivity contribution in [2.24, 2.45) is 34.5 Å². The second-order valence-corrected chi connectivity index (χ2v) is 17.8. The van der Waals surface area contributed by atoms with Crippen molar-refractivity contribution in [2.75, 3.05) is 0 Å². The molecule has 2 nitrogen and oxygen atoms in total. The molecule has 28 heavy (non-hydrogen) atoms. The molecular formula is C25H46O2Si.